The summed E-state index contributed by atoms with van der Waals surface area (Å²) in [6, 6.07) is 7.14. The van der Waals surface area contributed by atoms with Crippen LogP contribution in [0.25, 0.3) is 0 Å². The van der Waals surface area contributed by atoms with Crippen molar-refractivity contribution in [1.29, 1.82) is 0 Å². The van der Waals surface area contributed by atoms with Gasteiger partial charge in [0.2, 0.25) is 15.9 Å². The number of nitrogens with zero attached hydrogens (tertiary/aromatic N) is 2. The van der Waals surface area contributed by atoms with Crippen LogP contribution >= 0.6 is 22.6 Å². The number of sulfonamides is 1. The monoisotopic (exact) mass is 465 g/mol. The molecule has 1 N–H and O–H groups in total. The second-order valence-electron chi connectivity index (χ2n) is 5.34. The predicted octanol–water partition coefficient (Wildman–Crippen LogP) is 0.515. The minimum absolute atomic E-state index is 0.0622. The number of piperazine rings is 1. The van der Waals surface area contributed by atoms with Gasteiger partial charge in [-0.2, -0.15) is 4.31 Å². The van der Waals surface area contributed by atoms with Crippen LogP contribution in [0.3, 0.4) is 0 Å². The van der Waals surface area contributed by atoms with Crippen LogP contribution in [-0.4, -0.2) is 67.9 Å². The van der Waals surface area contributed by atoms with Crippen LogP contribution in [0.15, 0.2) is 24.3 Å². The molecule has 0 aromatic heterocycles. The van der Waals surface area contributed by atoms with Crippen LogP contribution in [0.2, 0.25) is 0 Å². The van der Waals surface area contributed by atoms with Crippen molar-refractivity contribution >= 4 is 44.4 Å². The van der Waals surface area contributed by atoms with Gasteiger partial charge in [0, 0.05) is 29.7 Å². The number of hydrogen-bond acceptors (Lipinski definition) is 4. The quantitative estimate of drug-likeness (QED) is 0.643. The Balaban J connectivity index is 1.84. The van der Waals surface area contributed by atoms with E-state index in [1.54, 1.807) is 24.0 Å². The zero-order chi connectivity index (χ0) is 17.7. The van der Waals surface area contributed by atoms with E-state index in [1.165, 1.54) is 4.31 Å². The minimum atomic E-state index is -3.21. The van der Waals surface area contributed by atoms with Gasteiger partial charge in [0.1, 0.15) is 0 Å². The fraction of sp³-hybridized carbons (Fsp3) is 0.467. The predicted molar refractivity (Wildman–Crippen MR) is 99.1 cm³/mol. The van der Waals surface area contributed by atoms with E-state index < -0.39 is 10.0 Å². The maximum Gasteiger partial charge on any atom is 0.252 e. The van der Waals surface area contributed by atoms with Crippen molar-refractivity contribution in [3.05, 3.63) is 33.4 Å². The molecule has 1 saturated heterocycles. The number of rotatable bonds is 5. The number of halogens is 1. The van der Waals surface area contributed by atoms with Crippen LogP contribution in [0.5, 0.6) is 0 Å². The third-order valence-corrected chi connectivity index (χ3v) is 6.69. The molecule has 1 aromatic carbocycles. The van der Waals surface area contributed by atoms with Gasteiger partial charge >= 0.3 is 0 Å². The third kappa shape index (κ3) is 4.67. The average molecular weight is 465 g/mol. The molecule has 1 aliphatic rings. The largest absolute Gasteiger partial charge is 0.343 e. The van der Waals surface area contributed by atoms with Gasteiger partial charge in [0.05, 0.1) is 17.9 Å². The van der Waals surface area contributed by atoms with E-state index >= 15 is 0 Å². The Labute approximate surface area is 155 Å². The smallest absolute Gasteiger partial charge is 0.252 e. The van der Waals surface area contributed by atoms with Crippen molar-refractivity contribution < 1.29 is 18.0 Å². The van der Waals surface area contributed by atoms with Crippen molar-refractivity contribution in [2.75, 3.05) is 38.5 Å². The molecule has 1 aliphatic heterocycles. The summed E-state index contributed by atoms with van der Waals surface area (Å²) < 4.78 is 25.8. The summed E-state index contributed by atoms with van der Waals surface area (Å²) in [6.45, 7) is 2.80. The molecule has 0 radical (unpaired) electrons. The zero-order valence-electron chi connectivity index (χ0n) is 13.4. The highest BCUT2D eigenvalue weighted by Gasteiger charge is 2.27. The zero-order valence-corrected chi connectivity index (χ0v) is 16.3. The van der Waals surface area contributed by atoms with Gasteiger partial charge in [-0.25, -0.2) is 8.42 Å². The summed E-state index contributed by atoms with van der Waals surface area (Å²) in [5.74, 6) is -0.435. The van der Waals surface area contributed by atoms with Gasteiger partial charge < -0.3 is 10.2 Å². The highest BCUT2D eigenvalue weighted by Crippen LogP contribution is 2.11. The fourth-order valence-corrected chi connectivity index (χ4v) is 4.12. The topological polar surface area (TPSA) is 86.8 Å². The Morgan fingerprint density at radius 3 is 2.38 bits per heavy atom. The number of carbonyl (C=O) groups excluding carboxylic acids is 2. The Kier molecular flexibility index (Phi) is 6.58. The summed E-state index contributed by atoms with van der Waals surface area (Å²) in [7, 11) is -3.21. The van der Waals surface area contributed by atoms with Gasteiger partial charge in [0.25, 0.3) is 5.91 Å². The Hall–Kier alpha value is -1.20. The van der Waals surface area contributed by atoms with Gasteiger partial charge in [-0.1, -0.05) is 12.1 Å². The molecule has 132 valence electrons. The molecule has 2 rings (SSSR count). The standard InChI is InChI=1S/C15H20IN3O4S/c1-2-24(22,23)19-9-7-18(8-10-19)14(20)11-17-15(21)12-5-3-4-6-13(12)16/h3-6H,2,7-11H2,1H3,(H,17,21). The number of nitrogens with one attached hydrogen (secondary N) is 1. The Morgan fingerprint density at radius 2 is 1.79 bits per heavy atom. The molecule has 0 spiro atoms. The second kappa shape index (κ2) is 8.26. The normalized spacial score (nSPS) is 16.0. The average Bonchev–Trinajstić information content (AvgIpc) is 2.60. The molecular formula is C15H20IN3O4S. The van der Waals surface area contributed by atoms with Gasteiger partial charge in [-0.05, 0) is 41.6 Å². The molecule has 0 saturated carbocycles. The van der Waals surface area contributed by atoms with E-state index in [0.29, 0.717) is 31.7 Å². The van der Waals surface area contributed by atoms with E-state index in [1.807, 2.05) is 12.1 Å². The molecule has 0 aliphatic carbocycles. The maximum absolute atomic E-state index is 12.2. The Morgan fingerprint density at radius 1 is 1.17 bits per heavy atom. The molecule has 1 heterocycles. The number of amides is 2. The molecule has 0 bridgehead atoms. The first-order chi connectivity index (χ1) is 11.3. The van der Waals surface area contributed by atoms with Crippen molar-refractivity contribution in [3.63, 3.8) is 0 Å². The molecule has 7 nitrogen and oxygen atoms in total. The third-order valence-electron chi connectivity index (χ3n) is 3.87. The Bertz CT molecular complexity index is 715. The molecule has 1 aromatic rings. The maximum atomic E-state index is 12.2. The lowest BCUT2D eigenvalue weighted by Gasteiger charge is -2.33. The lowest BCUT2D eigenvalue weighted by Crippen LogP contribution is -2.52. The van der Waals surface area contributed by atoms with E-state index in [4.69, 9.17) is 0 Å². The summed E-state index contributed by atoms with van der Waals surface area (Å²) in [5, 5.41) is 2.62. The molecule has 2 amide bonds. The van der Waals surface area contributed by atoms with Crippen molar-refractivity contribution in [1.82, 2.24) is 14.5 Å². The highest BCUT2D eigenvalue weighted by molar-refractivity contribution is 14.1. The van der Waals surface area contributed by atoms with E-state index in [9.17, 15) is 18.0 Å². The summed E-state index contributed by atoms with van der Waals surface area (Å²) in [4.78, 5) is 25.9. The minimum Gasteiger partial charge on any atom is -0.343 e. The van der Waals surface area contributed by atoms with Crippen LogP contribution in [-0.2, 0) is 14.8 Å². The van der Waals surface area contributed by atoms with Crippen LogP contribution in [0.4, 0.5) is 0 Å². The number of benzene rings is 1. The van der Waals surface area contributed by atoms with Crippen molar-refractivity contribution in [2.45, 2.75) is 6.92 Å². The van der Waals surface area contributed by atoms with Gasteiger partial charge in [-0.15, -0.1) is 0 Å². The van der Waals surface area contributed by atoms with Gasteiger partial charge in [-0.3, -0.25) is 9.59 Å². The molecule has 1 fully saturated rings. The van der Waals surface area contributed by atoms with E-state index in [-0.39, 0.29) is 24.1 Å². The fourth-order valence-electron chi connectivity index (χ4n) is 2.41. The molecular weight excluding hydrogens is 445 g/mol. The SMILES string of the molecule is CCS(=O)(=O)N1CCN(C(=O)CNC(=O)c2ccccc2I)CC1. The molecule has 9 heteroatoms. The van der Waals surface area contributed by atoms with Crippen LogP contribution in [0, 0.1) is 3.57 Å². The van der Waals surface area contributed by atoms with Crippen LogP contribution < -0.4 is 5.32 Å². The van der Waals surface area contributed by atoms with Crippen molar-refractivity contribution in [2.24, 2.45) is 0 Å². The lowest BCUT2D eigenvalue weighted by molar-refractivity contribution is -0.131. The molecule has 0 atom stereocenters. The highest BCUT2D eigenvalue weighted by atomic mass is 127. The second-order valence-corrected chi connectivity index (χ2v) is 8.76. The van der Waals surface area contributed by atoms with Crippen molar-refractivity contribution in [3.8, 4) is 0 Å². The summed E-state index contributed by atoms with van der Waals surface area (Å²) in [6.07, 6.45) is 0. The van der Waals surface area contributed by atoms with E-state index in [2.05, 4.69) is 27.9 Å². The number of carbonyl (C=O) groups is 2. The first kappa shape index (κ1) is 19.1. The van der Waals surface area contributed by atoms with Crippen LogP contribution in [0.1, 0.15) is 17.3 Å². The first-order valence-electron chi connectivity index (χ1n) is 7.63. The summed E-state index contributed by atoms with van der Waals surface area (Å²) >= 11 is 2.07. The lowest BCUT2D eigenvalue weighted by atomic mass is 10.2. The molecule has 24 heavy (non-hydrogen) atoms. The first-order valence-corrected chi connectivity index (χ1v) is 10.3. The summed E-state index contributed by atoms with van der Waals surface area (Å²) in [5.41, 5.74) is 0.532. The van der Waals surface area contributed by atoms with E-state index in [0.717, 1.165) is 3.57 Å². The van der Waals surface area contributed by atoms with Gasteiger partial charge in [0.15, 0.2) is 0 Å². The number of hydrogen-bond donors (Lipinski definition) is 1. The molecule has 0 unspecified atom stereocenters.